The third-order valence-corrected chi connectivity index (χ3v) is 4.20. The summed E-state index contributed by atoms with van der Waals surface area (Å²) in [5, 5.41) is 5.10. The third-order valence-electron chi connectivity index (χ3n) is 4.20. The van der Waals surface area contributed by atoms with Crippen LogP contribution in [0.15, 0.2) is 42.5 Å². The minimum absolute atomic E-state index is 0.0941. The van der Waals surface area contributed by atoms with E-state index in [0.29, 0.717) is 34.7 Å². The summed E-state index contributed by atoms with van der Waals surface area (Å²) in [6, 6.07) is 10.9. The fourth-order valence-corrected chi connectivity index (χ4v) is 2.56. The predicted octanol–water partition coefficient (Wildman–Crippen LogP) is 1.92. The Kier molecular flexibility index (Phi) is 6.63. The van der Waals surface area contributed by atoms with E-state index >= 15 is 0 Å². The van der Waals surface area contributed by atoms with Gasteiger partial charge in [-0.25, -0.2) is 0 Å². The number of ether oxygens (including phenoxy) is 3. The molecule has 0 spiro atoms. The van der Waals surface area contributed by atoms with Gasteiger partial charge in [-0.2, -0.15) is 0 Å². The second-order valence-electron chi connectivity index (χ2n) is 6.31. The molecule has 9 heteroatoms. The molecular weight excluding hydrogens is 392 g/mol. The smallest absolute Gasteiger partial charge is 0.325 e. The number of fused-ring (bicyclic) bond motifs is 1. The van der Waals surface area contributed by atoms with Gasteiger partial charge in [0, 0.05) is 23.2 Å². The van der Waals surface area contributed by atoms with Gasteiger partial charge in [-0.05, 0) is 42.5 Å². The van der Waals surface area contributed by atoms with E-state index in [1.54, 1.807) is 31.2 Å². The number of rotatable bonds is 8. The number of anilines is 1. The van der Waals surface area contributed by atoms with Crippen molar-refractivity contribution in [1.29, 1.82) is 0 Å². The molecule has 2 N–H and O–H groups in total. The number of hydrogen-bond donors (Lipinski definition) is 2. The highest BCUT2D eigenvalue weighted by Gasteiger charge is 2.17. The zero-order valence-corrected chi connectivity index (χ0v) is 16.2. The second-order valence-corrected chi connectivity index (χ2v) is 6.31. The van der Waals surface area contributed by atoms with Crippen molar-refractivity contribution >= 4 is 29.3 Å². The first-order valence-corrected chi connectivity index (χ1v) is 9.23. The minimum atomic E-state index is -0.746. The van der Waals surface area contributed by atoms with Crippen LogP contribution in [0.1, 0.15) is 34.1 Å². The first-order valence-electron chi connectivity index (χ1n) is 9.23. The van der Waals surface area contributed by atoms with Crippen molar-refractivity contribution in [2.75, 3.05) is 25.3 Å². The van der Waals surface area contributed by atoms with E-state index in [1.807, 2.05) is 0 Å². The Morgan fingerprint density at radius 2 is 1.67 bits per heavy atom. The number of ketones is 1. The van der Waals surface area contributed by atoms with Crippen LogP contribution in [-0.4, -0.2) is 43.5 Å². The molecule has 0 fully saturated rings. The molecule has 1 aliphatic rings. The van der Waals surface area contributed by atoms with Crippen molar-refractivity contribution < 1.29 is 33.4 Å². The number of esters is 1. The number of benzene rings is 2. The lowest BCUT2D eigenvalue weighted by atomic mass is 10.1. The van der Waals surface area contributed by atoms with Crippen LogP contribution in [0.25, 0.3) is 0 Å². The van der Waals surface area contributed by atoms with E-state index in [9.17, 15) is 19.2 Å². The van der Waals surface area contributed by atoms with Crippen molar-refractivity contribution in [2.45, 2.75) is 13.3 Å². The normalized spacial score (nSPS) is 11.5. The SMILES string of the molecule is CCC(=O)Nc1ccc(C(=O)COC(=O)CNC(=O)c2ccc3c(c2)OCO3)cc1. The summed E-state index contributed by atoms with van der Waals surface area (Å²) in [6.45, 7) is 0.984. The van der Waals surface area contributed by atoms with Gasteiger partial charge >= 0.3 is 5.97 Å². The highest BCUT2D eigenvalue weighted by molar-refractivity contribution is 5.99. The molecule has 0 bridgehead atoms. The second kappa shape index (κ2) is 9.55. The zero-order valence-electron chi connectivity index (χ0n) is 16.2. The number of carbonyl (C=O) groups excluding carboxylic acids is 4. The van der Waals surface area contributed by atoms with E-state index in [1.165, 1.54) is 18.2 Å². The van der Waals surface area contributed by atoms with Gasteiger partial charge in [-0.1, -0.05) is 6.92 Å². The average molecular weight is 412 g/mol. The molecule has 0 saturated heterocycles. The van der Waals surface area contributed by atoms with Crippen LogP contribution >= 0.6 is 0 Å². The molecule has 1 aliphatic heterocycles. The summed E-state index contributed by atoms with van der Waals surface area (Å²) >= 11 is 0. The summed E-state index contributed by atoms with van der Waals surface area (Å²) in [5.41, 5.74) is 1.21. The van der Waals surface area contributed by atoms with E-state index in [4.69, 9.17) is 14.2 Å². The monoisotopic (exact) mass is 412 g/mol. The van der Waals surface area contributed by atoms with Gasteiger partial charge in [0.1, 0.15) is 6.54 Å². The molecule has 2 aromatic rings. The minimum Gasteiger partial charge on any atom is -0.456 e. The van der Waals surface area contributed by atoms with Gasteiger partial charge in [0.25, 0.3) is 5.91 Å². The van der Waals surface area contributed by atoms with Crippen molar-refractivity contribution in [3.8, 4) is 11.5 Å². The van der Waals surface area contributed by atoms with Crippen LogP contribution in [-0.2, 0) is 14.3 Å². The van der Waals surface area contributed by atoms with Gasteiger partial charge in [0.05, 0.1) is 0 Å². The first kappa shape index (κ1) is 20.8. The predicted molar refractivity (Wildman–Crippen MR) is 106 cm³/mol. The van der Waals surface area contributed by atoms with Crippen LogP contribution in [0.2, 0.25) is 0 Å². The van der Waals surface area contributed by atoms with Gasteiger partial charge in [-0.15, -0.1) is 0 Å². The summed E-state index contributed by atoms with van der Waals surface area (Å²) in [5.74, 6) is -0.767. The van der Waals surface area contributed by atoms with Gasteiger partial charge in [0.2, 0.25) is 12.7 Å². The number of hydrogen-bond acceptors (Lipinski definition) is 7. The Bertz CT molecular complexity index is 970. The summed E-state index contributed by atoms with van der Waals surface area (Å²) in [6.07, 6.45) is 0.349. The Hall–Kier alpha value is -3.88. The van der Waals surface area contributed by atoms with Crippen molar-refractivity contribution in [3.63, 3.8) is 0 Å². The number of carbonyl (C=O) groups is 4. The molecule has 2 amide bonds. The molecule has 1 heterocycles. The molecule has 3 rings (SSSR count). The fraction of sp³-hybridized carbons (Fsp3) is 0.238. The average Bonchev–Trinajstić information content (AvgIpc) is 3.24. The molecule has 0 saturated carbocycles. The largest absolute Gasteiger partial charge is 0.456 e. The molecule has 0 aromatic heterocycles. The Balaban J connectivity index is 1.43. The topological polar surface area (TPSA) is 120 Å². The molecule has 0 aliphatic carbocycles. The van der Waals surface area contributed by atoms with E-state index < -0.39 is 24.3 Å². The quantitative estimate of drug-likeness (QED) is 0.502. The summed E-state index contributed by atoms with van der Waals surface area (Å²) < 4.78 is 15.3. The van der Waals surface area contributed by atoms with E-state index in [-0.39, 0.29) is 19.2 Å². The Morgan fingerprint density at radius 1 is 0.967 bits per heavy atom. The number of nitrogens with one attached hydrogen (secondary N) is 2. The number of amides is 2. The lowest BCUT2D eigenvalue weighted by Crippen LogP contribution is -2.31. The van der Waals surface area contributed by atoms with E-state index in [2.05, 4.69) is 10.6 Å². The first-order chi connectivity index (χ1) is 14.5. The van der Waals surface area contributed by atoms with Crippen LogP contribution in [0.3, 0.4) is 0 Å². The van der Waals surface area contributed by atoms with Gasteiger partial charge < -0.3 is 24.8 Å². The Morgan fingerprint density at radius 3 is 2.40 bits per heavy atom. The van der Waals surface area contributed by atoms with Crippen molar-refractivity contribution in [1.82, 2.24) is 5.32 Å². The molecule has 2 aromatic carbocycles. The van der Waals surface area contributed by atoms with Crippen LogP contribution in [0.5, 0.6) is 11.5 Å². The lowest BCUT2D eigenvalue weighted by molar-refractivity contribution is -0.141. The van der Waals surface area contributed by atoms with Crippen molar-refractivity contribution in [2.24, 2.45) is 0 Å². The summed E-state index contributed by atoms with van der Waals surface area (Å²) in [4.78, 5) is 47.4. The van der Waals surface area contributed by atoms with Gasteiger partial charge in [-0.3, -0.25) is 19.2 Å². The maximum absolute atomic E-state index is 12.1. The summed E-state index contributed by atoms with van der Waals surface area (Å²) in [7, 11) is 0. The van der Waals surface area contributed by atoms with Gasteiger partial charge in [0.15, 0.2) is 23.9 Å². The van der Waals surface area contributed by atoms with E-state index in [0.717, 1.165) is 0 Å². The highest BCUT2D eigenvalue weighted by atomic mass is 16.7. The van der Waals surface area contributed by atoms with Crippen LogP contribution in [0, 0.1) is 0 Å². The number of Topliss-reactive ketones (excluding diaryl/α,β-unsaturated/α-hetero) is 1. The molecule has 0 radical (unpaired) electrons. The van der Waals surface area contributed by atoms with Crippen molar-refractivity contribution in [3.05, 3.63) is 53.6 Å². The molecule has 9 nitrogen and oxygen atoms in total. The Labute approximate surface area is 172 Å². The van der Waals surface area contributed by atoms with Crippen LogP contribution in [0.4, 0.5) is 5.69 Å². The highest BCUT2D eigenvalue weighted by Crippen LogP contribution is 2.32. The fourth-order valence-electron chi connectivity index (χ4n) is 2.56. The maximum atomic E-state index is 12.1. The third kappa shape index (κ3) is 5.34. The maximum Gasteiger partial charge on any atom is 0.325 e. The molecule has 30 heavy (non-hydrogen) atoms. The standard InChI is InChI=1S/C21H20N2O7/c1-2-19(25)23-15-6-3-13(4-7-15)16(24)11-28-20(26)10-22-21(27)14-5-8-17-18(9-14)30-12-29-17/h3-9H,2,10-12H2,1H3,(H,22,27)(H,23,25). The molecule has 0 atom stereocenters. The molecule has 0 unspecified atom stereocenters. The zero-order chi connectivity index (χ0) is 21.5. The lowest BCUT2D eigenvalue weighted by Gasteiger charge is -2.08. The molecular formula is C21H20N2O7. The molecule has 156 valence electrons. The van der Waals surface area contributed by atoms with Crippen LogP contribution < -0.4 is 20.1 Å².